The smallest absolute Gasteiger partial charge is 0.254 e. The highest BCUT2D eigenvalue weighted by Gasteiger charge is 2.31. The third kappa shape index (κ3) is 2.37. The van der Waals surface area contributed by atoms with E-state index in [0.717, 1.165) is 23.3 Å². The molecular formula is C17H20N6O. The molecule has 24 heavy (non-hydrogen) atoms. The average Bonchev–Trinajstić information content (AvgIpc) is 3.23. The van der Waals surface area contributed by atoms with Crippen molar-refractivity contribution in [3.05, 3.63) is 48.2 Å². The van der Waals surface area contributed by atoms with Crippen molar-refractivity contribution >= 4 is 16.8 Å². The van der Waals surface area contributed by atoms with Gasteiger partial charge in [-0.2, -0.15) is 5.10 Å². The maximum atomic E-state index is 13.1. The Bertz CT molecular complexity index is 882. The van der Waals surface area contributed by atoms with Crippen LogP contribution in [0.2, 0.25) is 0 Å². The van der Waals surface area contributed by atoms with E-state index in [1.54, 1.807) is 12.4 Å². The molecule has 1 aliphatic heterocycles. The molecule has 0 saturated carbocycles. The molecule has 1 saturated heterocycles. The molecule has 3 heterocycles. The molecule has 124 valence electrons. The van der Waals surface area contributed by atoms with Crippen LogP contribution in [0.5, 0.6) is 0 Å². The van der Waals surface area contributed by atoms with Crippen LogP contribution in [0.3, 0.4) is 0 Å². The summed E-state index contributed by atoms with van der Waals surface area (Å²) in [7, 11) is 4.07. The maximum Gasteiger partial charge on any atom is 0.254 e. The lowest BCUT2D eigenvalue weighted by Crippen LogP contribution is -2.49. The third-order valence-electron chi connectivity index (χ3n) is 4.81. The number of carbonyl (C=O) groups is 1. The number of aromatic amines is 1. The van der Waals surface area contributed by atoms with Crippen molar-refractivity contribution < 1.29 is 4.79 Å². The van der Waals surface area contributed by atoms with Crippen LogP contribution in [0.15, 0.2) is 36.8 Å². The first kappa shape index (κ1) is 14.9. The van der Waals surface area contributed by atoms with Gasteiger partial charge in [0.2, 0.25) is 0 Å². The topological polar surface area (TPSA) is 70.1 Å². The lowest BCUT2D eigenvalue weighted by molar-refractivity contribution is 0.0530. The average molecular weight is 324 g/mol. The minimum absolute atomic E-state index is 0.0503. The Morgan fingerprint density at radius 1 is 1.29 bits per heavy atom. The molecule has 1 aromatic carbocycles. The van der Waals surface area contributed by atoms with Crippen molar-refractivity contribution in [1.82, 2.24) is 29.5 Å². The van der Waals surface area contributed by atoms with Crippen LogP contribution < -0.4 is 0 Å². The molecule has 1 fully saturated rings. The first-order chi connectivity index (χ1) is 11.6. The molecule has 0 spiro atoms. The van der Waals surface area contributed by atoms with Crippen molar-refractivity contribution in [2.24, 2.45) is 7.05 Å². The molecule has 1 amide bonds. The quantitative estimate of drug-likeness (QED) is 0.774. The summed E-state index contributed by atoms with van der Waals surface area (Å²) in [5.41, 5.74) is 1.58. The van der Waals surface area contributed by atoms with Crippen molar-refractivity contribution in [1.29, 1.82) is 0 Å². The summed E-state index contributed by atoms with van der Waals surface area (Å²) in [4.78, 5) is 21.7. The molecule has 7 heteroatoms. The molecule has 2 aromatic heterocycles. The normalized spacial score (nSPS) is 19.1. The number of nitrogens with zero attached hydrogens (tertiary/aromatic N) is 5. The predicted molar refractivity (Wildman–Crippen MR) is 90.6 cm³/mol. The monoisotopic (exact) mass is 324 g/mol. The van der Waals surface area contributed by atoms with Crippen LogP contribution >= 0.6 is 0 Å². The summed E-state index contributed by atoms with van der Waals surface area (Å²) in [5, 5.41) is 7.84. The van der Waals surface area contributed by atoms with Gasteiger partial charge in [0.1, 0.15) is 5.82 Å². The van der Waals surface area contributed by atoms with E-state index in [1.807, 2.05) is 40.9 Å². The molecule has 0 bridgehead atoms. The van der Waals surface area contributed by atoms with Gasteiger partial charge in [-0.05, 0) is 19.2 Å². The number of carbonyl (C=O) groups excluding carboxylic acids is 1. The van der Waals surface area contributed by atoms with Crippen LogP contribution in [0.25, 0.3) is 10.9 Å². The van der Waals surface area contributed by atoms with Crippen LogP contribution in [0.4, 0.5) is 0 Å². The molecule has 4 rings (SSSR count). The van der Waals surface area contributed by atoms with Crippen LogP contribution in [0.1, 0.15) is 22.2 Å². The zero-order valence-corrected chi connectivity index (χ0v) is 13.8. The van der Waals surface area contributed by atoms with Crippen LogP contribution in [-0.4, -0.2) is 62.1 Å². The number of fused-ring (bicyclic) bond motifs is 1. The molecular weight excluding hydrogens is 304 g/mol. The first-order valence-corrected chi connectivity index (χ1v) is 8.04. The fourth-order valence-electron chi connectivity index (χ4n) is 3.36. The van der Waals surface area contributed by atoms with E-state index in [9.17, 15) is 4.79 Å². The maximum absolute atomic E-state index is 13.1. The second-order valence-corrected chi connectivity index (χ2v) is 6.28. The van der Waals surface area contributed by atoms with E-state index in [1.165, 1.54) is 0 Å². The van der Waals surface area contributed by atoms with Gasteiger partial charge in [-0.3, -0.25) is 14.8 Å². The number of aromatic nitrogens is 4. The minimum Gasteiger partial charge on any atom is -0.337 e. The van der Waals surface area contributed by atoms with Crippen molar-refractivity contribution in [2.75, 3.05) is 26.7 Å². The Labute approximate surface area is 139 Å². The van der Waals surface area contributed by atoms with E-state index in [-0.39, 0.29) is 11.9 Å². The predicted octanol–water partition coefficient (Wildman–Crippen LogP) is 1.43. The molecule has 0 aliphatic carbocycles. The van der Waals surface area contributed by atoms with Crippen LogP contribution in [0, 0.1) is 0 Å². The summed E-state index contributed by atoms with van der Waals surface area (Å²) >= 11 is 0. The molecule has 0 unspecified atom stereocenters. The lowest BCUT2D eigenvalue weighted by Gasteiger charge is -2.39. The van der Waals surface area contributed by atoms with E-state index in [2.05, 4.69) is 27.1 Å². The minimum atomic E-state index is 0.0503. The van der Waals surface area contributed by atoms with Gasteiger partial charge >= 0.3 is 0 Å². The molecule has 1 N–H and O–H groups in total. The number of aryl methyl sites for hydroxylation is 1. The second kappa shape index (κ2) is 5.76. The molecule has 3 aromatic rings. The number of amides is 1. The SMILES string of the molecule is CN1CCN(C(=O)c2cccc3[nH]ncc23)C[C@@H]1c1nccn1C. The van der Waals surface area contributed by atoms with E-state index < -0.39 is 0 Å². The van der Waals surface area contributed by atoms with Gasteiger partial charge < -0.3 is 9.47 Å². The standard InChI is InChI=1S/C17H20N6O/c1-21-8-9-23(11-15(21)16-18-6-7-22(16)2)17(24)12-4-3-5-14-13(12)10-19-20-14/h3-7,10,15H,8-9,11H2,1-2H3,(H,19,20)/t15-/m1/s1. The van der Waals surface area contributed by atoms with Gasteiger partial charge in [0.15, 0.2) is 0 Å². The van der Waals surface area contributed by atoms with Gasteiger partial charge in [0.05, 0.1) is 23.3 Å². The number of likely N-dealkylation sites (N-methyl/N-ethyl adjacent to an activating group) is 1. The van der Waals surface area contributed by atoms with Gasteiger partial charge in [-0.25, -0.2) is 4.98 Å². The zero-order chi connectivity index (χ0) is 16.7. The summed E-state index contributed by atoms with van der Waals surface area (Å²) in [6.45, 7) is 2.17. The highest BCUT2D eigenvalue weighted by molar-refractivity contribution is 6.06. The number of nitrogens with one attached hydrogen (secondary N) is 1. The van der Waals surface area contributed by atoms with E-state index in [0.29, 0.717) is 18.7 Å². The van der Waals surface area contributed by atoms with Crippen molar-refractivity contribution in [2.45, 2.75) is 6.04 Å². The van der Waals surface area contributed by atoms with Crippen LogP contribution in [-0.2, 0) is 7.05 Å². The Morgan fingerprint density at radius 2 is 2.17 bits per heavy atom. The van der Waals surface area contributed by atoms with Gasteiger partial charge in [0.25, 0.3) is 5.91 Å². The number of piperazine rings is 1. The molecule has 1 aliphatic rings. The van der Waals surface area contributed by atoms with E-state index in [4.69, 9.17) is 0 Å². The molecule has 1 atom stereocenters. The lowest BCUT2D eigenvalue weighted by atomic mass is 10.1. The highest BCUT2D eigenvalue weighted by Crippen LogP contribution is 2.25. The summed E-state index contributed by atoms with van der Waals surface area (Å²) < 4.78 is 2.02. The van der Waals surface area contributed by atoms with Gasteiger partial charge in [0, 0.05) is 44.5 Å². The summed E-state index contributed by atoms with van der Waals surface area (Å²) in [6, 6.07) is 5.79. The van der Waals surface area contributed by atoms with Gasteiger partial charge in [-0.1, -0.05) is 6.07 Å². The third-order valence-corrected chi connectivity index (χ3v) is 4.81. The highest BCUT2D eigenvalue weighted by atomic mass is 16.2. The number of hydrogen-bond acceptors (Lipinski definition) is 4. The second-order valence-electron chi connectivity index (χ2n) is 6.28. The Morgan fingerprint density at radius 3 is 2.96 bits per heavy atom. The molecule has 0 radical (unpaired) electrons. The Balaban J connectivity index is 1.63. The first-order valence-electron chi connectivity index (χ1n) is 8.04. The van der Waals surface area contributed by atoms with Gasteiger partial charge in [-0.15, -0.1) is 0 Å². The number of H-pyrrole nitrogens is 1. The molecule has 7 nitrogen and oxygen atoms in total. The number of imidazole rings is 1. The number of benzene rings is 1. The number of hydrogen-bond donors (Lipinski definition) is 1. The Kier molecular flexibility index (Phi) is 3.57. The largest absolute Gasteiger partial charge is 0.337 e. The van der Waals surface area contributed by atoms with E-state index >= 15 is 0 Å². The summed E-state index contributed by atoms with van der Waals surface area (Å²) in [6.07, 6.45) is 5.46. The number of rotatable bonds is 2. The summed E-state index contributed by atoms with van der Waals surface area (Å²) in [5.74, 6) is 1.03. The zero-order valence-electron chi connectivity index (χ0n) is 13.8. The fraction of sp³-hybridized carbons (Fsp3) is 0.353. The van der Waals surface area contributed by atoms with Crippen molar-refractivity contribution in [3.63, 3.8) is 0 Å². The van der Waals surface area contributed by atoms with Crippen molar-refractivity contribution in [3.8, 4) is 0 Å². The fourth-order valence-corrected chi connectivity index (χ4v) is 3.36. The Hall–Kier alpha value is -2.67.